The van der Waals surface area contributed by atoms with Crippen LogP contribution in [0.15, 0.2) is 66.3 Å². The number of nitrogens with zero attached hydrogens (tertiary/aromatic N) is 4. The maximum Gasteiger partial charge on any atom is 0.262 e. The van der Waals surface area contributed by atoms with Gasteiger partial charge in [0, 0.05) is 56.4 Å². The Balaban J connectivity index is 1.65. The number of rotatable bonds is 5. The highest BCUT2D eigenvalue weighted by atomic mass is 32.2. The monoisotopic (exact) mass is 401 g/mol. The van der Waals surface area contributed by atoms with Crippen LogP contribution in [0, 0.1) is 5.82 Å². The van der Waals surface area contributed by atoms with E-state index < -0.39 is 10.0 Å². The Bertz CT molecular complexity index is 1050. The van der Waals surface area contributed by atoms with Crippen molar-refractivity contribution in [3.05, 3.63) is 72.7 Å². The molecule has 0 amide bonds. The molecule has 146 valence electrons. The van der Waals surface area contributed by atoms with Gasteiger partial charge in [0.05, 0.1) is 6.33 Å². The van der Waals surface area contributed by atoms with Crippen molar-refractivity contribution < 1.29 is 12.8 Å². The minimum atomic E-state index is -3.72. The summed E-state index contributed by atoms with van der Waals surface area (Å²) in [6.07, 6.45) is 6.30. The first-order valence-electron chi connectivity index (χ1n) is 8.83. The van der Waals surface area contributed by atoms with Crippen LogP contribution in [0.1, 0.15) is 11.5 Å². The van der Waals surface area contributed by atoms with E-state index in [1.807, 2.05) is 12.1 Å². The van der Waals surface area contributed by atoms with Crippen LogP contribution in [0.3, 0.4) is 0 Å². The van der Waals surface area contributed by atoms with Gasteiger partial charge in [-0.05, 0) is 29.8 Å². The molecule has 28 heavy (non-hydrogen) atoms. The second-order valence-electron chi connectivity index (χ2n) is 6.84. The maximum atomic E-state index is 13.4. The van der Waals surface area contributed by atoms with Crippen molar-refractivity contribution in [1.82, 2.24) is 18.8 Å². The van der Waals surface area contributed by atoms with Crippen molar-refractivity contribution >= 4 is 15.7 Å². The lowest BCUT2D eigenvalue weighted by Gasteiger charge is -2.21. The van der Waals surface area contributed by atoms with Crippen LogP contribution in [-0.2, 0) is 17.1 Å². The number of anilines is 1. The van der Waals surface area contributed by atoms with Gasteiger partial charge in [0.15, 0.2) is 5.03 Å². The van der Waals surface area contributed by atoms with Crippen LogP contribution in [0.4, 0.5) is 10.1 Å². The fourth-order valence-electron chi connectivity index (χ4n) is 3.47. The van der Waals surface area contributed by atoms with E-state index in [2.05, 4.69) is 15.3 Å². The molecule has 1 aliphatic rings. The lowest BCUT2D eigenvalue weighted by atomic mass is 9.94. The highest BCUT2D eigenvalue weighted by Crippen LogP contribution is 2.33. The Morgan fingerprint density at radius 3 is 2.46 bits per heavy atom. The van der Waals surface area contributed by atoms with Crippen LogP contribution >= 0.6 is 0 Å². The van der Waals surface area contributed by atoms with Gasteiger partial charge in [-0.1, -0.05) is 12.1 Å². The van der Waals surface area contributed by atoms with E-state index in [1.165, 1.54) is 29.0 Å². The normalized spacial score (nSPS) is 20.4. The second kappa shape index (κ2) is 7.33. The number of sulfonamides is 1. The Morgan fingerprint density at radius 1 is 1.11 bits per heavy atom. The molecule has 0 spiro atoms. The van der Waals surface area contributed by atoms with Crippen LogP contribution in [-0.4, -0.2) is 46.4 Å². The Labute approximate surface area is 162 Å². The summed E-state index contributed by atoms with van der Waals surface area (Å²) in [5, 5.41) is 3.42. The van der Waals surface area contributed by atoms with Gasteiger partial charge in [0.25, 0.3) is 10.0 Å². The highest BCUT2D eigenvalue weighted by Gasteiger charge is 2.41. The molecule has 0 aliphatic carbocycles. The molecule has 0 unspecified atom stereocenters. The summed E-state index contributed by atoms with van der Waals surface area (Å²) in [5.41, 5.74) is 1.73. The Hall–Kier alpha value is -2.78. The summed E-state index contributed by atoms with van der Waals surface area (Å²) in [7, 11) is -1.99. The number of imidazole rings is 1. The molecule has 1 saturated heterocycles. The molecule has 9 heteroatoms. The van der Waals surface area contributed by atoms with E-state index in [1.54, 1.807) is 36.1 Å². The number of benzene rings is 1. The maximum absolute atomic E-state index is 13.4. The molecular formula is C19H20FN5O2S. The third-order valence-corrected chi connectivity index (χ3v) is 6.62. The molecule has 2 aromatic heterocycles. The van der Waals surface area contributed by atoms with E-state index in [0.717, 1.165) is 11.3 Å². The number of halogens is 1. The van der Waals surface area contributed by atoms with Gasteiger partial charge in [-0.25, -0.2) is 17.8 Å². The molecule has 3 aromatic rings. The summed E-state index contributed by atoms with van der Waals surface area (Å²) in [5.74, 6) is -0.453. The van der Waals surface area contributed by atoms with Crippen LogP contribution in [0.25, 0.3) is 0 Å². The summed E-state index contributed by atoms with van der Waals surface area (Å²) >= 11 is 0. The molecule has 0 bridgehead atoms. The zero-order chi connectivity index (χ0) is 19.7. The molecule has 0 saturated carbocycles. The minimum absolute atomic E-state index is 0.0254. The third-order valence-electron chi connectivity index (χ3n) is 4.90. The van der Waals surface area contributed by atoms with E-state index in [4.69, 9.17) is 0 Å². The van der Waals surface area contributed by atoms with Gasteiger partial charge < -0.3 is 9.88 Å². The molecule has 1 fully saturated rings. The van der Waals surface area contributed by atoms with Gasteiger partial charge >= 0.3 is 0 Å². The first-order valence-corrected chi connectivity index (χ1v) is 10.3. The average Bonchev–Trinajstić information content (AvgIpc) is 3.31. The van der Waals surface area contributed by atoms with Crippen molar-refractivity contribution in [2.75, 3.05) is 18.4 Å². The largest absolute Gasteiger partial charge is 0.380 e. The van der Waals surface area contributed by atoms with E-state index in [-0.39, 0.29) is 35.9 Å². The van der Waals surface area contributed by atoms with Gasteiger partial charge in [-0.3, -0.25) is 4.98 Å². The molecule has 2 atom stereocenters. The molecule has 0 radical (unpaired) electrons. The topological polar surface area (TPSA) is 80.1 Å². The molecule has 3 heterocycles. The van der Waals surface area contributed by atoms with E-state index in [9.17, 15) is 12.8 Å². The van der Waals surface area contributed by atoms with Crippen molar-refractivity contribution in [2.24, 2.45) is 7.05 Å². The fraction of sp³-hybridized carbons (Fsp3) is 0.263. The lowest BCUT2D eigenvalue weighted by Crippen LogP contribution is -2.32. The van der Waals surface area contributed by atoms with Gasteiger partial charge in [-0.15, -0.1) is 0 Å². The second-order valence-corrected chi connectivity index (χ2v) is 8.73. The van der Waals surface area contributed by atoms with Crippen molar-refractivity contribution in [3.63, 3.8) is 0 Å². The number of hydrogen-bond acceptors (Lipinski definition) is 5. The van der Waals surface area contributed by atoms with E-state index in [0.29, 0.717) is 0 Å². The summed E-state index contributed by atoms with van der Waals surface area (Å²) in [6.45, 7) is 0.566. The molecule has 1 N–H and O–H groups in total. The van der Waals surface area contributed by atoms with Crippen molar-refractivity contribution in [3.8, 4) is 0 Å². The summed E-state index contributed by atoms with van der Waals surface area (Å²) in [6, 6.07) is 9.70. The standard InChI is InChI=1S/C19H20FN5O2S/c1-24-12-19(22-13-24)28(26,27)25-10-17(14-2-4-15(20)5-3-14)18(11-25)23-16-6-8-21-9-7-16/h2-9,12-13,17-18H,10-11H2,1H3,(H,21,23)/t17-,18+/m0/s1. The number of aryl methyl sites for hydroxylation is 1. The van der Waals surface area contributed by atoms with Gasteiger partial charge in [-0.2, -0.15) is 4.31 Å². The quantitative estimate of drug-likeness (QED) is 0.709. The first kappa shape index (κ1) is 18.6. The number of aromatic nitrogens is 3. The zero-order valence-electron chi connectivity index (χ0n) is 15.2. The van der Waals surface area contributed by atoms with Crippen LogP contribution < -0.4 is 5.32 Å². The fourth-order valence-corrected chi connectivity index (χ4v) is 4.93. The molecule has 1 aromatic carbocycles. The first-order chi connectivity index (χ1) is 13.4. The molecule has 1 aliphatic heterocycles. The van der Waals surface area contributed by atoms with Gasteiger partial charge in [0.1, 0.15) is 5.82 Å². The predicted octanol–water partition coefficient (Wildman–Crippen LogP) is 2.22. The SMILES string of the molecule is Cn1cnc(S(=O)(=O)N2C[C@@H](Nc3ccncc3)[C@H](c3ccc(F)cc3)C2)c1. The zero-order valence-corrected chi connectivity index (χ0v) is 16.1. The molecule has 7 nitrogen and oxygen atoms in total. The molecular weight excluding hydrogens is 381 g/mol. The average molecular weight is 401 g/mol. The van der Waals surface area contributed by atoms with Crippen molar-refractivity contribution in [1.29, 1.82) is 0 Å². The summed E-state index contributed by atoms with van der Waals surface area (Å²) < 4.78 is 42.5. The highest BCUT2D eigenvalue weighted by molar-refractivity contribution is 7.89. The lowest BCUT2D eigenvalue weighted by molar-refractivity contribution is 0.468. The third kappa shape index (κ3) is 3.63. The smallest absolute Gasteiger partial charge is 0.262 e. The number of hydrogen-bond donors (Lipinski definition) is 1. The Kier molecular flexibility index (Phi) is 4.86. The van der Waals surface area contributed by atoms with Crippen LogP contribution in [0.5, 0.6) is 0 Å². The molecule has 4 rings (SSSR count). The van der Waals surface area contributed by atoms with Gasteiger partial charge in [0.2, 0.25) is 0 Å². The Morgan fingerprint density at radius 2 is 1.82 bits per heavy atom. The summed E-state index contributed by atoms with van der Waals surface area (Å²) in [4.78, 5) is 8.01. The van der Waals surface area contributed by atoms with E-state index >= 15 is 0 Å². The minimum Gasteiger partial charge on any atom is -0.380 e. The van der Waals surface area contributed by atoms with Crippen LogP contribution in [0.2, 0.25) is 0 Å². The number of pyridine rings is 1. The predicted molar refractivity (Wildman–Crippen MR) is 103 cm³/mol. The number of nitrogens with one attached hydrogen (secondary N) is 1. The van der Waals surface area contributed by atoms with Crippen molar-refractivity contribution in [2.45, 2.75) is 17.0 Å².